The maximum Gasteiger partial charge on any atom is 0.338 e. The van der Waals surface area contributed by atoms with Crippen molar-refractivity contribution in [3.8, 4) is 0 Å². The van der Waals surface area contributed by atoms with Crippen molar-refractivity contribution < 1.29 is 23.9 Å². The molecule has 2 aromatic rings. The number of carbonyl (C=O) groups is 4. The molecular formula is C24H25N3O5. The van der Waals surface area contributed by atoms with E-state index >= 15 is 0 Å². The second kappa shape index (κ2) is 8.92. The Hall–Kier alpha value is -3.52. The molecule has 0 unspecified atom stereocenters. The van der Waals surface area contributed by atoms with Gasteiger partial charge in [-0.2, -0.15) is 0 Å². The van der Waals surface area contributed by atoms with Crippen molar-refractivity contribution in [1.82, 2.24) is 14.7 Å². The summed E-state index contributed by atoms with van der Waals surface area (Å²) in [5, 5.41) is 0. The minimum Gasteiger partial charge on any atom is -0.452 e. The summed E-state index contributed by atoms with van der Waals surface area (Å²) in [4.78, 5) is 53.9. The van der Waals surface area contributed by atoms with Crippen LogP contribution in [0.1, 0.15) is 42.2 Å². The van der Waals surface area contributed by atoms with Crippen molar-refractivity contribution in [3.05, 3.63) is 70.3 Å². The molecule has 1 fully saturated rings. The van der Waals surface area contributed by atoms with Gasteiger partial charge in [0.05, 0.1) is 16.7 Å². The van der Waals surface area contributed by atoms with Crippen LogP contribution >= 0.6 is 0 Å². The van der Waals surface area contributed by atoms with E-state index in [9.17, 15) is 19.2 Å². The van der Waals surface area contributed by atoms with E-state index in [1.165, 1.54) is 36.4 Å². The highest BCUT2D eigenvalue weighted by Gasteiger charge is 2.33. The summed E-state index contributed by atoms with van der Waals surface area (Å²) in [7, 11) is 1.39. The zero-order chi connectivity index (χ0) is 22.8. The third kappa shape index (κ3) is 4.40. The van der Waals surface area contributed by atoms with Crippen molar-refractivity contribution in [1.29, 1.82) is 0 Å². The van der Waals surface area contributed by atoms with Crippen LogP contribution in [0.5, 0.6) is 0 Å². The summed E-state index contributed by atoms with van der Waals surface area (Å²) in [6.45, 7) is 5.20. The van der Waals surface area contributed by atoms with Gasteiger partial charge in [-0.1, -0.05) is 29.8 Å². The van der Waals surface area contributed by atoms with Crippen molar-refractivity contribution in [2.75, 3.05) is 39.8 Å². The summed E-state index contributed by atoms with van der Waals surface area (Å²) in [5.74, 6) is -1.81. The Morgan fingerprint density at radius 3 is 2.38 bits per heavy atom. The second-order valence-corrected chi connectivity index (χ2v) is 8.15. The number of carbonyl (C=O) groups excluding carboxylic acids is 4. The third-order valence-corrected chi connectivity index (χ3v) is 5.87. The molecule has 8 heteroatoms. The predicted octanol–water partition coefficient (Wildman–Crippen LogP) is 1.72. The highest BCUT2D eigenvalue weighted by Crippen LogP contribution is 2.23. The average Bonchev–Trinajstić information content (AvgIpc) is 3.01. The number of fused-ring (bicyclic) bond motifs is 1. The number of nitrogens with zero attached hydrogens (tertiary/aromatic N) is 3. The predicted molar refractivity (Wildman–Crippen MR) is 116 cm³/mol. The standard InChI is InChI=1S/C24H25N3O5/c1-16-4-3-5-17(12-16)14-26-8-10-27(11-9-26)21(28)15-32-24(31)18-6-7-19-20(13-18)23(30)25(2)22(19)29/h3-7,12-13H,8-11,14-15H2,1-2H3. The summed E-state index contributed by atoms with van der Waals surface area (Å²) >= 11 is 0. The van der Waals surface area contributed by atoms with Crippen molar-refractivity contribution in [2.24, 2.45) is 0 Å². The molecule has 2 aromatic carbocycles. The first-order valence-corrected chi connectivity index (χ1v) is 10.5. The fraction of sp³-hybridized carbons (Fsp3) is 0.333. The number of benzene rings is 2. The Labute approximate surface area is 186 Å². The maximum absolute atomic E-state index is 12.5. The number of amides is 3. The number of hydrogen-bond acceptors (Lipinski definition) is 6. The third-order valence-electron chi connectivity index (χ3n) is 5.87. The van der Waals surface area contributed by atoms with Gasteiger partial charge in [-0.05, 0) is 30.7 Å². The van der Waals surface area contributed by atoms with Gasteiger partial charge in [0.25, 0.3) is 17.7 Å². The number of aryl methyl sites for hydroxylation is 1. The Balaban J connectivity index is 1.27. The molecule has 0 N–H and O–H groups in total. The van der Waals surface area contributed by atoms with E-state index in [4.69, 9.17) is 4.74 Å². The number of rotatable bonds is 5. The van der Waals surface area contributed by atoms with Crippen molar-refractivity contribution in [3.63, 3.8) is 0 Å². The van der Waals surface area contributed by atoms with Crippen LogP contribution in [-0.4, -0.2) is 78.2 Å². The Kier molecular flexibility index (Phi) is 6.05. The Morgan fingerprint density at radius 1 is 0.938 bits per heavy atom. The van der Waals surface area contributed by atoms with Crippen LogP contribution in [0.4, 0.5) is 0 Å². The second-order valence-electron chi connectivity index (χ2n) is 8.15. The Bertz CT molecular complexity index is 1090. The zero-order valence-corrected chi connectivity index (χ0v) is 18.2. The number of imide groups is 1. The molecule has 0 atom stereocenters. The molecule has 8 nitrogen and oxygen atoms in total. The van der Waals surface area contributed by atoms with Crippen molar-refractivity contribution >= 4 is 23.7 Å². The lowest BCUT2D eigenvalue weighted by molar-refractivity contribution is -0.136. The van der Waals surface area contributed by atoms with E-state index < -0.39 is 17.8 Å². The normalized spacial score (nSPS) is 16.3. The van der Waals surface area contributed by atoms with E-state index in [1.807, 2.05) is 6.07 Å². The molecule has 0 aliphatic carbocycles. The van der Waals surface area contributed by atoms with Crippen LogP contribution in [0, 0.1) is 6.92 Å². The molecular weight excluding hydrogens is 410 g/mol. The highest BCUT2D eigenvalue weighted by atomic mass is 16.5. The minimum atomic E-state index is -0.700. The van der Waals surface area contributed by atoms with Crippen LogP contribution < -0.4 is 0 Å². The molecule has 2 aliphatic rings. The van der Waals surface area contributed by atoms with Gasteiger partial charge < -0.3 is 9.64 Å². The first kappa shape index (κ1) is 21.7. The molecule has 166 valence electrons. The Morgan fingerprint density at radius 2 is 1.66 bits per heavy atom. The van der Waals surface area contributed by atoms with E-state index in [1.54, 1.807) is 4.90 Å². The molecule has 2 aliphatic heterocycles. The van der Waals surface area contributed by atoms with Crippen LogP contribution in [0.3, 0.4) is 0 Å². The van der Waals surface area contributed by atoms with Gasteiger partial charge in [-0.15, -0.1) is 0 Å². The van der Waals surface area contributed by atoms with Gasteiger partial charge >= 0.3 is 5.97 Å². The molecule has 0 spiro atoms. The molecule has 1 saturated heterocycles. The van der Waals surface area contributed by atoms with Gasteiger partial charge in [-0.25, -0.2) is 4.79 Å². The van der Waals surface area contributed by atoms with Gasteiger partial charge in [0.2, 0.25) is 0 Å². The maximum atomic E-state index is 12.5. The fourth-order valence-electron chi connectivity index (χ4n) is 4.01. The quantitative estimate of drug-likeness (QED) is 0.525. The van der Waals surface area contributed by atoms with Crippen LogP contribution in [-0.2, 0) is 16.1 Å². The molecule has 0 saturated carbocycles. The van der Waals surface area contributed by atoms with E-state index in [2.05, 4.69) is 30.0 Å². The molecule has 0 bridgehead atoms. The lowest BCUT2D eigenvalue weighted by Gasteiger charge is -2.34. The number of piperazine rings is 1. The molecule has 0 aromatic heterocycles. The van der Waals surface area contributed by atoms with E-state index in [0.717, 1.165) is 24.5 Å². The molecule has 3 amide bonds. The van der Waals surface area contributed by atoms with Crippen LogP contribution in [0.15, 0.2) is 42.5 Å². The number of hydrogen-bond donors (Lipinski definition) is 0. The lowest BCUT2D eigenvalue weighted by Crippen LogP contribution is -2.49. The average molecular weight is 435 g/mol. The van der Waals surface area contributed by atoms with Crippen molar-refractivity contribution in [2.45, 2.75) is 13.5 Å². The fourth-order valence-corrected chi connectivity index (χ4v) is 4.01. The smallest absolute Gasteiger partial charge is 0.338 e. The van der Waals surface area contributed by atoms with Gasteiger partial charge in [0.15, 0.2) is 6.61 Å². The van der Waals surface area contributed by atoms with E-state index in [0.29, 0.717) is 13.1 Å². The molecule has 4 rings (SSSR count). The molecule has 2 heterocycles. The van der Waals surface area contributed by atoms with Gasteiger partial charge in [-0.3, -0.25) is 24.2 Å². The van der Waals surface area contributed by atoms with E-state index in [-0.39, 0.29) is 29.2 Å². The first-order chi connectivity index (χ1) is 15.3. The SMILES string of the molecule is Cc1cccc(CN2CCN(C(=O)COC(=O)c3ccc4c(c3)C(=O)N(C)C4=O)CC2)c1. The molecule has 32 heavy (non-hydrogen) atoms. The molecule has 0 radical (unpaired) electrons. The first-order valence-electron chi connectivity index (χ1n) is 10.5. The summed E-state index contributed by atoms with van der Waals surface area (Å²) < 4.78 is 5.17. The number of esters is 1. The largest absolute Gasteiger partial charge is 0.452 e. The van der Waals surface area contributed by atoms with Gasteiger partial charge in [0, 0.05) is 39.8 Å². The zero-order valence-electron chi connectivity index (χ0n) is 18.2. The topological polar surface area (TPSA) is 87.2 Å². The minimum absolute atomic E-state index is 0.135. The lowest BCUT2D eigenvalue weighted by atomic mass is 10.1. The monoisotopic (exact) mass is 435 g/mol. The van der Waals surface area contributed by atoms with Crippen LogP contribution in [0.25, 0.3) is 0 Å². The van der Waals surface area contributed by atoms with Gasteiger partial charge in [0.1, 0.15) is 0 Å². The van der Waals surface area contributed by atoms with Crippen LogP contribution in [0.2, 0.25) is 0 Å². The highest BCUT2D eigenvalue weighted by molar-refractivity contribution is 6.21. The summed E-state index contributed by atoms with van der Waals surface area (Å²) in [5.41, 5.74) is 3.04. The summed E-state index contributed by atoms with van der Waals surface area (Å²) in [6.07, 6.45) is 0. The number of ether oxygens (including phenoxy) is 1. The summed E-state index contributed by atoms with van der Waals surface area (Å²) in [6, 6.07) is 12.6.